The standard InChI is InChI=1S/C13H24N4O/c1-2-17-10-11(9-15-17)7-12(16-14)8-13-5-3-4-6-18-13/h9-10,12-13,16H,2-8,14H2,1H3. The molecule has 1 aliphatic heterocycles. The Balaban J connectivity index is 1.84. The number of aryl methyl sites for hydroxylation is 1. The summed E-state index contributed by atoms with van der Waals surface area (Å²) in [7, 11) is 0. The highest BCUT2D eigenvalue weighted by molar-refractivity contribution is 5.06. The molecule has 0 aliphatic carbocycles. The zero-order valence-electron chi connectivity index (χ0n) is 11.1. The van der Waals surface area contributed by atoms with Crippen LogP contribution in [0, 0.1) is 0 Å². The molecule has 2 unspecified atom stereocenters. The van der Waals surface area contributed by atoms with Gasteiger partial charge in [0.15, 0.2) is 0 Å². The zero-order chi connectivity index (χ0) is 12.8. The van der Waals surface area contributed by atoms with Crippen molar-refractivity contribution in [1.82, 2.24) is 15.2 Å². The summed E-state index contributed by atoms with van der Waals surface area (Å²) < 4.78 is 7.70. The molecule has 0 saturated carbocycles. The van der Waals surface area contributed by atoms with Gasteiger partial charge in [0.2, 0.25) is 0 Å². The van der Waals surface area contributed by atoms with Gasteiger partial charge in [-0.15, -0.1) is 0 Å². The molecule has 1 aromatic heterocycles. The van der Waals surface area contributed by atoms with Gasteiger partial charge in [0.1, 0.15) is 0 Å². The topological polar surface area (TPSA) is 65.1 Å². The molecule has 0 aromatic carbocycles. The van der Waals surface area contributed by atoms with Gasteiger partial charge < -0.3 is 4.74 Å². The van der Waals surface area contributed by atoms with Gasteiger partial charge in [-0.2, -0.15) is 5.10 Å². The van der Waals surface area contributed by atoms with Crippen LogP contribution < -0.4 is 11.3 Å². The van der Waals surface area contributed by atoms with E-state index in [4.69, 9.17) is 10.6 Å². The molecule has 1 aromatic rings. The molecule has 1 saturated heterocycles. The number of nitrogens with zero attached hydrogens (tertiary/aromatic N) is 2. The van der Waals surface area contributed by atoms with E-state index in [1.165, 1.54) is 18.4 Å². The van der Waals surface area contributed by atoms with Crippen molar-refractivity contribution in [3.63, 3.8) is 0 Å². The second kappa shape index (κ2) is 6.87. The van der Waals surface area contributed by atoms with E-state index in [9.17, 15) is 0 Å². The Hall–Kier alpha value is -0.910. The van der Waals surface area contributed by atoms with Crippen LogP contribution in [-0.2, 0) is 17.7 Å². The first-order valence-electron chi connectivity index (χ1n) is 6.91. The maximum atomic E-state index is 5.76. The summed E-state index contributed by atoms with van der Waals surface area (Å²) in [6, 6.07) is 0.266. The molecule has 18 heavy (non-hydrogen) atoms. The van der Waals surface area contributed by atoms with Crippen LogP contribution in [0.2, 0.25) is 0 Å². The van der Waals surface area contributed by atoms with Gasteiger partial charge >= 0.3 is 0 Å². The van der Waals surface area contributed by atoms with Gasteiger partial charge in [-0.05, 0) is 44.6 Å². The third-order valence-electron chi connectivity index (χ3n) is 3.55. The fourth-order valence-corrected chi connectivity index (χ4v) is 2.49. The molecule has 1 fully saturated rings. The summed E-state index contributed by atoms with van der Waals surface area (Å²) in [4.78, 5) is 0. The Morgan fingerprint density at radius 2 is 2.50 bits per heavy atom. The smallest absolute Gasteiger partial charge is 0.0590 e. The predicted molar refractivity (Wildman–Crippen MR) is 70.9 cm³/mol. The van der Waals surface area contributed by atoms with Crippen molar-refractivity contribution in [3.05, 3.63) is 18.0 Å². The lowest BCUT2D eigenvalue weighted by molar-refractivity contribution is 0.00524. The first-order chi connectivity index (χ1) is 8.81. The van der Waals surface area contributed by atoms with Crippen LogP contribution in [0.5, 0.6) is 0 Å². The molecule has 102 valence electrons. The van der Waals surface area contributed by atoms with Crippen LogP contribution in [0.25, 0.3) is 0 Å². The fraction of sp³-hybridized carbons (Fsp3) is 0.769. The van der Waals surface area contributed by atoms with Gasteiger partial charge in [0.25, 0.3) is 0 Å². The maximum absolute atomic E-state index is 5.76. The number of hydrazine groups is 1. The van der Waals surface area contributed by atoms with E-state index in [-0.39, 0.29) is 6.04 Å². The fourth-order valence-electron chi connectivity index (χ4n) is 2.49. The van der Waals surface area contributed by atoms with Crippen LogP contribution in [0.4, 0.5) is 0 Å². The first-order valence-corrected chi connectivity index (χ1v) is 6.91. The Morgan fingerprint density at radius 3 is 3.11 bits per heavy atom. The van der Waals surface area contributed by atoms with Crippen molar-refractivity contribution in [1.29, 1.82) is 0 Å². The van der Waals surface area contributed by atoms with Crippen LogP contribution in [0.15, 0.2) is 12.4 Å². The third-order valence-corrected chi connectivity index (χ3v) is 3.55. The summed E-state index contributed by atoms with van der Waals surface area (Å²) >= 11 is 0. The molecular weight excluding hydrogens is 228 g/mol. The van der Waals surface area contributed by atoms with E-state index in [0.29, 0.717) is 6.10 Å². The summed E-state index contributed by atoms with van der Waals surface area (Å²) in [5.41, 5.74) is 4.14. The second-order valence-electron chi connectivity index (χ2n) is 5.00. The summed E-state index contributed by atoms with van der Waals surface area (Å²) in [5.74, 6) is 5.64. The summed E-state index contributed by atoms with van der Waals surface area (Å²) in [6.45, 7) is 3.90. The normalized spacial score (nSPS) is 22.0. The second-order valence-corrected chi connectivity index (χ2v) is 5.00. The van der Waals surface area contributed by atoms with Crippen LogP contribution >= 0.6 is 0 Å². The Morgan fingerprint density at radius 1 is 1.61 bits per heavy atom. The van der Waals surface area contributed by atoms with Crippen molar-refractivity contribution >= 4 is 0 Å². The van der Waals surface area contributed by atoms with E-state index >= 15 is 0 Å². The molecular formula is C13H24N4O. The summed E-state index contributed by atoms with van der Waals surface area (Å²) in [5, 5.41) is 4.29. The lowest BCUT2D eigenvalue weighted by atomic mass is 9.98. The number of aromatic nitrogens is 2. The van der Waals surface area contributed by atoms with Gasteiger partial charge in [0.05, 0.1) is 12.3 Å². The molecule has 2 rings (SSSR count). The average molecular weight is 252 g/mol. The molecule has 5 nitrogen and oxygen atoms in total. The van der Waals surface area contributed by atoms with Crippen LogP contribution in [0.3, 0.4) is 0 Å². The molecule has 2 atom stereocenters. The SMILES string of the molecule is CCn1cc(CC(CC2CCCCO2)NN)cn1. The largest absolute Gasteiger partial charge is 0.378 e. The van der Waals surface area contributed by atoms with Crippen LogP contribution in [0.1, 0.15) is 38.2 Å². The minimum Gasteiger partial charge on any atom is -0.378 e. The molecule has 2 heterocycles. The highest BCUT2D eigenvalue weighted by Gasteiger charge is 2.19. The van der Waals surface area contributed by atoms with Crippen molar-refractivity contribution in [2.24, 2.45) is 5.84 Å². The number of rotatable bonds is 6. The number of nitrogens with two attached hydrogens (primary N) is 1. The molecule has 5 heteroatoms. The van der Waals surface area contributed by atoms with Crippen molar-refractivity contribution in [3.8, 4) is 0 Å². The van der Waals surface area contributed by atoms with E-state index in [1.807, 2.05) is 10.9 Å². The monoisotopic (exact) mass is 252 g/mol. The van der Waals surface area contributed by atoms with Crippen molar-refractivity contribution in [2.75, 3.05) is 6.61 Å². The van der Waals surface area contributed by atoms with E-state index in [0.717, 1.165) is 32.4 Å². The number of hydrogen-bond acceptors (Lipinski definition) is 4. The third kappa shape index (κ3) is 3.80. The minimum atomic E-state index is 0.266. The van der Waals surface area contributed by atoms with E-state index in [2.05, 4.69) is 23.6 Å². The molecule has 0 amide bonds. The number of hydrogen-bond donors (Lipinski definition) is 2. The first kappa shape index (κ1) is 13.5. The molecule has 0 spiro atoms. The van der Waals surface area contributed by atoms with Gasteiger partial charge in [-0.3, -0.25) is 16.0 Å². The molecule has 3 N–H and O–H groups in total. The Bertz CT molecular complexity index is 347. The zero-order valence-corrected chi connectivity index (χ0v) is 11.1. The predicted octanol–water partition coefficient (Wildman–Crippen LogP) is 1.24. The van der Waals surface area contributed by atoms with E-state index < -0.39 is 0 Å². The Labute approximate surface area is 109 Å². The Kier molecular flexibility index (Phi) is 5.16. The average Bonchev–Trinajstić information content (AvgIpc) is 2.87. The van der Waals surface area contributed by atoms with E-state index in [1.54, 1.807) is 0 Å². The maximum Gasteiger partial charge on any atom is 0.0590 e. The number of ether oxygens (including phenoxy) is 1. The van der Waals surface area contributed by atoms with Gasteiger partial charge in [-0.1, -0.05) is 0 Å². The highest BCUT2D eigenvalue weighted by Crippen LogP contribution is 2.18. The lowest BCUT2D eigenvalue weighted by Crippen LogP contribution is -2.40. The van der Waals surface area contributed by atoms with Gasteiger partial charge in [-0.25, -0.2) is 0 Å². The minimum absolute atomic E-state index is 0.266. The molecule has 0 radical (unpaired) electrons. The quantitative estimate of drug-likeness (QED) is 0.590. The molecule has 0 bridgehead atoms. The molecule has 1 aliphatic rings. The highest BCUT2D eigenvalue weighted by atomic mass is 16.5. The van der Waals surface area contributed by atoms with Gasteiger partial charge in [0, 0.05) is 25.4 Å². The van der Waals surface area contributed by atoms with Crippen LogP contribution in [-0.4, -0.2) is 28.5 Å². The van der Waals surface area contributed by atoms with Crippen molar-refractivity contribution in [2.45, 2.75) is 57.7 Å². The summed E-state index contributed by atoms with van der Waals surface area (Å²) in [6.07, 6.45) is 9.90. The lowest BCUT2D eigenvalue weighted by Gasteiger charge is -2.26. The number of nitrogens with one attached hydrogen (secondary N) is 1. The van der Waals surface area contributed by atoms with Crippen molar-refractivity contribution < 1.29 is 4.74 Å².